The molecular weight excluding hydrogens is 242 g/mol. The third-order valence-corrected chi connectivity index (χ3v) is 3.48. The van der Waals surface area contributed by atoms with Crippen molar-refractivity contribution in [3.63, 3.8) is 0 Å². The first-order valence-electron chi connectivity index (χ1n) is 6.25. The van der Waals surface area contributed by atoms with Gasteiger partial charge in [0.25, 0.3) is 0 Å². The monoisotopic (exact) mass is 257 g/mol. The second-order valence-corrected chi connectivity index (χ2v) is 4.85. The molecule has 0 saturated carbocycles. The van der Waals surface area contributed by atoms with Gasteiger partial charge in [0.15, 0.2) is 0 Å². The maximum Gasteiger partial charge on any atom is 0.313 e. The number of aliphatic carboxylic acids is 1. The van der Waals surface area contributed by atoms with Gasteiger partial charge in [-0.1, -0.05) is 30.3 Å². The van der Waals surface area contributed by atoms with Crippen molar-refractivity contribution in [3.8, 4) is 0 Å². The summed E-state index contributed by atoms with van der Waals surface area (Å²) in [5.41, 5.74) is 2.92. The summed E-state index contributed by atoms with van der Waals surface area (Å²) >= 11 is 0. The Bertz CT molecular complexity index is 579. The molecular formula is C14H15N3O2. The van der Waals surface area contributed by atoms with E-state index in [2.05, 4.69) is 27.2 Å². The Morgan fingerprint density at radius 3 is 2.95 bits per heavy atom. The topological polar surface area (TPSA) is 69.2 Å². The van der Waals surface area contributed by atoms with Gasteiger partial charge >= 0.3 is 5.97 Å². The smallest absolute Gasteiger partial charge is 0.313 e. The van der Waals surface area contributed by atoms with E-state index < -0.39 is 11.9 Å². The number of carboxylic acids is 1. The molecule has 0 amide bonds. The molecule has 2 aromatic rings. The molecule has 1 aliphatic heterocycles. The number of rotatable bonds is 3. The molecule has 3 rings (SSSR count). The lowest BCUT2D eigenvalue weighted by molar-refractivity contribution is -0.139. The summed E-state index contributed by atoms with van der Waals surface area (Å²) < 4.78 is 0. The van der Waals surface area contributed by atoms with Crippen LogP contribution in [0.1, 0.15) is 22.7 Å². The average molecular weight is 257 g/mol. The Hall–Kier alpha value is -2.14. The highest BCUT2D eigenvalue weighted by molar-refractivity contribution is 5.76. The Labute approximate surface area is 110 Å². The van der Waals surface area contributed by atoms with Gasteiger partial charge in [0.2, 0.25) is 0 Å². The molecule has 0 radical (unpaired) electrons. The van der Waals surface area contributed by atoms with E-state index >= 15 is 0 Å². The number of hydrogen-bond acceptors (Lipinski definition) is 3. The summed E-state index contributed by atoms with van der Waals surface area (Å²) in [6, 6.07) is 10.1. The van der Waals surface area contributed by atoms with Crippen molar-refractivity contribution in [3.05, 3.63) is 53.3 Å². The number of carboxylic acid groups (broad SMARTS) is 1. The number of nitrogens with zero attached hydrogens (tertiary/aromatic N) is 2. The van der Waals surface area contributed by atoms with Crippen molar-refractivity contribution in [1.29, 1.82) is 0 Å². The summed E-state index contributed by atoms with van der Waals surface area (Å²) in [6.07, 6.45) is 1.72. The number of fused-ring (bicyclic) bond motifs is 1. The van der Waals surface area contributed by atoms with E-state index in [1.807, 2.05) is 18.2 Å². The average Bonchev–Trinajstić information content (AvgIpc) is 2.87. The van der Waals surface area contributed by atoms with Gasteiger partial charge in [-0.2, -0.15) is 5.10 Å². The molecule has 2 N–H and O–H groups in total. The van der Waals surface area contributed by atoms with E-state index in [1.165, 1.54) is 5.56 Å². The second kappa shape index (κ2) is 4.85. The molecule has 5 nitrogen and oxygen atoms in total. The maximum absolute atomic E-state index is 11.3. The normalized spacial score (nSPS) is 19.1. The quantitative estimate of drug-likeness (QED) is 0.876. The SMILES string of the molecule is O=C(O)C1CN(Cc2ccccc2)Cc2cn[nH]c21. The van der Waals surface area contributed by atoms with Gasteiger partial charge in [-0.25, -0.2) is 0 Å². The van der Waals surface area contributed by atoms with Crippen LogP contribution in [-0.4, -0.2) is 32.7 Å². The molecule has 0 aliphatic carbocycles. The van der Waals surface area contributed by atoms with Crippen LogP contribution in [0.3, 0.4) is 0 Å². The minimum Gasteiger partial charge on any atom is -0.481 e. The number of H-pyrrole nitrogens is 1. The Balaban J connectivity index is 1.81. The first-order chi connectivity index (χ1) is 9.24. The fourth-order valence-electron chi connectivity index (χ4n) is 2.57. The van der Waals surface area contributed by atoms with Gasteiger partial charge in [-0.15, -0.1) is 0 Å². The number of aromatic nitrogens is 2. The highest BCUT2D eigenvalue weighted by Crippen LogP contribution is 2.27. The van der Waals surface area contributed by atoms with Gasteiger partial charge in [-0.05, 0) is 5.56 Å². The lowest BCUT2D eigenvalue weighted by Gasteiger charge is -2.30. The summed E-state index contributed by atoms with van der Waals surface area (Å²) in [6.45, 7) is 2.01. The number of benzene rings is 1. The van der Waals surface area contributed by atoms with Crippen LogP contribution in [-0.2, 0) is 17.9 Å². The summed E-state index contributed by atoms with van der Waals surface area (Å²) in [5, 5.41) is 16.1. The highest BCUT2D eigenvalue weighted by atomic mass is 16.4. The molecule has 1 atom stereocenters. The zero-order valence-corrected chi connectivity index (χ0v) is 10.4. The molecule has 0 spiro atoms. The standard InChI is InChI=1S/C14H15N3O2/c18-14(19)12-9-17(7-10-4-2-1-3-5-10)8-11-6-15-16-13(11)12/h1-6,12H,7-9H2,(H,15,16)(H,18,19). The molecule has 1 aromatic heterocycles. The van der Waals surface area contributed by atoms with E-state index in [-0.39, 0.29) is 0 Å². The number of carbonyl (C=O) groups is 1. The molecule has 0 bridgehead atoms. The molecule has 1 unspecified atom stereocenters. The molecule has 1 aromatic carbocycles. The molecule has 0 fully saturated rings. The van der Waals surface area contributed by atoms with Crippen LogP contribution in [0.5, 0.6) is 0 Å². The van der Waals surface area contributed by atoms with Crippen LogP contribution in [0.2, 0.25) is 0 Å². The predicted molar refractivity (Wildman–Crippen MR) is 69.5 cm³/mol. The summed E-state index contributed by atoms with van der Waals surface area (Å²) in [4.78, 5) is 13.5. The first-order valence-corrected chi connectivity index (χ1v) is 6.25. The Morgan fingerprint density at radius 2 is 2.21 bits per heavy atom. The molecule has 5 heteroatoms. The Kier molecular flexibility index (Phi) is 3.05. The molecule has 98 valence electrons. The van der Waals surface area contributed by atoms with Gasteiger partial charge in [0.1, 0.15) is 5.92 Å². The van der Waals surface area contributed by atoms with Crippen molar-refractivity contribution < 1.29 is 9.90 Å². The van der Waals surface area contributed by atoms with E-state index in [9.17, 15) is 9.90 Å². The van der Waals surface area contributed by atoms with Gasteiger partial charge in [-0.3, -0.25) is 14.8 Å². The van der Waals surface area contributed by atoms with Crippen LogP contribution in [0.25, 0.3) is 0 Å². The zero-order valence-electron chi connectivity index (χ0n) is 10.4. The Morgan fingerprint density at radius 1 is 1.42 bits per heavy atom. The molecule has 1 aliphatic rings. The molecule has 2 heterocycles. The van der Waals surface area contributed by atoms with Crippen LogP contribution >= 0.6 is 0 Å². The molecule has 0 saturated heterocycles. The third kappa shape index (κ3) is 2.37. The summed E-state index contributed by atoms with van der Waals surface area (Å²) in [5.74, 6) is -1.32. The van der Waals surface area contributed by atoms with Crippen LogP contribution < -0.4 is 0 Å². The zero-order chi connectivity index (χ0) is 13.2. The minimum atomic E-state index is -0.803. The van der Waals surface area contributed by atoms with Gasteiger partial charge in [0, 0.05) is 25.2 Å². The predicted octanol–water partition coefficient (Wildman–Crippen LogP) is 1.59. The molecule has 19 heavy (non-hydrogen) atoms. The van der Waals surface area contributed by atoms with Crippen molar-refractivity contribution in [1.82, 2.24) is 15.1 Å². The van der Waals surface area contributed by atoms with Crippen molar-refractivity contribution in [2.24, 2.45) is 0 Å². The van der Waals surface area contributed by atoms with Gasteiger partial charge in [0.05, 0.1) is 11.9 Å². The van der Waals surface area contributed by atoms with Gasteiger partial charge < -0.3 is 5.11 Å². The van der Waals surface area contributed by atoms with Crippen LogP contribution in [0.15, 0.2) is 36.5 Å². The first kappa shape index (κ1) is 11.9. The number of nitrogens with one attached hydrogen (secondary N) is 1. The highest BCUT2D eigenvalue weighted by Gasteiger charge is 2.31. The van der Waals surface area contributed by atoms with E-state index in [4.69, 9.17) is 0 Å². The fraction of sp³-hybridized carbons (Fsp3) is 0.286. The number of hydrogen-bond donors (Lipinski definition) is 2. The van der Waals surface area contributed by atoms with Crippen LogP contribution in [0, 0.1) is 0 Å². The lowest BCUT2D eigenvalue weighted by atomic mass is 9.96. The minimum absolute atomic E-state index is 0.513. The van der Waals surface area contributed by atoms with E-state index in [0.29, 0.717) is 6.54 Å². The summed E-state index contributed by atoms with van der Waals surface area (Å²) in [7, 11) is 0. The van der Waals surface area contributed by atoms with Crippen molar-refractivity contribution in [2.45, 2.75) is 19.0 Å². The number of aromatic amines is 1. The maximum atomic E-state index is 11.3. The van der Waals surface area contributed by atoms with E-state index in [0.717, 1.165) is 24.3 Å². The fourth-order valence-corrected chi connectivity index (χ4v) is 2.57. The largest absolute Gasteiger partial charge is 0.481 e. The van der Waals surface area contributed by atoms with Crippen molar-refractivity contribution >= 4 is 5.97 Å². The third-order valence-electron chi connectivity index (χ3n) is 3.48. The lowest BCUT2D eigenvalue weighted by Crippen LogP contribution is -2.36. The van der Waals surface area contributed by atoms with E-state index in [1.54, 1.807) is 6.20 Å². The van der Waals surface area contributed by atoms with Crippen LogP contribution in [0.4, 0.5) is 0 Å². The van der Waals surface area contributed by atoms with Crippen molar-refractivity contribution in [2.75, 3.05) is 6.54 Å². The second-order valence-electron chi connectivity index (χ2n) is 4.85.